The van der Waals surface area contributed by atoms with Gasteiger partial charge in [-0.3, -0.25) is 0 Å². The normalized spacial score (nSPS) is 24.7. The van der Waals surface area contributed by atoms with Gasteiger partial charge in [0.2, 0.25) is 0 Å². The van der Waals surface area contributed by atoms with Crippen molar-refractivity contribution in [3.8, 4) is 0 Å². The zero-order valence-corrected chi connectivity index (χ0v) is 43.8. The van der Waals surface area contributed by atoms with Crippen molar-refractivity contribution in [2.75, 3.05) is 33.0 Å². The van der Waals surface area contributed by atoms with E-state index >= 15 is 0 Å². The predicted octanol–water partition coefficient (Wildman–Crippen LogP) is 10.4. The van der Waals surface area contributed by atoms with Gasteiger partial charge in [0.25, 0.3) is 0 Å². The van der Waals surface area contributed by atoms with Crippen LogP contribution in [0.2, 0.25) is 13.1 Å². The third-order valence-electron chi connectivity index (χ3n) is 12.8. The summed E-state index contributed by atoms with van der Waals surface area (Å²) < 4.78 is 30.9. The third kappa shape index (κ3) is 29.6. The van der Waals surface area contributed by atoms with Gasteiger partial charge in [-0.2, -0.15) is 0 Å². The zero-order valence-electron chi connectivity index (χ0n) is 42.8. The summed E-state index contributed by atoms with van der Waals surface area (Å²) in [6.07, 6.45) is 39.6. The minimum Gasteiger partial charge on any atom is -0.394 e. The highest BCUT2D eigenvalue weighted by Gasteiger charge is 2.48. The molecule has 0 aromatic heterocycles. The first-order valence-electron chi connectivity index (χ1n) is 27.1. The van der Waals surface area contributed by atoms with Crippen molar-refractivity contribution >= 4 is 8.56 Å². The number of hydrogen-bond donors (Lipinski definition) is 6. The maximum atomic E-state index is 10.8. The van der Waals surface area contributed by atoms with Crippen LogP contribution in [0.5, 0.6) is 0 Å². The fourth-order valence-electron chi connectivity index (χ4n) is 8.59. The molecule has 0 spiro atoms. The number of allylic oxidation sites excluding steroid dienone is 8. The van der Waals surface area contributed by atoms with Crippen LogP contribution >= 0.6 is 0 Å². The van der Waals surface area contributed by atoms with E-state index in [0.29, 0.717) is 26.2 Å². The highest BCUT2D eigenvalue weighted by atomic mass is 28.4. The van der Waals surface area contributed by atoms with E-state index in [1.54, 1.807) is 4.90 Å². The summed E-state index contributed by atoms with van der Waals surface area (Å²) in [6, 6.07) is 0. The van der Waals surface area contributed by atoms with Crippen molar-refractivity contribution in [2.45, 2.75) is 262 Å². The van der Waals surface area contributed by atoms with Crippen molar-refractivity contribution in [2.24, 2.45) is 0 Å². The molecule has 2 aliphatic heterocycles. The lowest BCUT2D eigenvalue weighted by Crippen LogP contribution is -2.66. The molecule has 9 unspecified atom stereocenters. The van der Waals surface area contributed by atoms with Gasteiger partial charge < -0.3 is 53.7 Å². The van der Waals surface area contributed by atoms with E-state index < -0.39 is 57.6 Å². The van der Waals surface area contributed by atoms with Crippen LogP contribution in [-0.4, -0.2) is 132 Å². The van der Waals surface area contributed by atoms with Crippen LogP contribution in [0.3, 0.4) is 0 Å². The van der Waals surface area contributed by atoms with Crippen molar-refractivity contribution in [3.05, 3.63) is 48.6 Å². The molecule has 0 bridgehead atoms. The summed E-state index contributed by atoms with van der Waals surface area (Å²) in [5.74, 6) is 0. The summed E-state index contributed by atoms with van der Waals surface area (Å²) in [4.78, 5) is 1.57. The number of hydrogen-bond acceptors (Lipinski definition) is 12. The number of nitrogens with zero attached hydrogens (tertiary/aromatic N) is 1. The lowest BCUT2D eigenvalue weighted by atomic mass is 9.99. The number of aliphatic hydroxyl groups is 6. The minimum atomic E-state index is -2.49. The first kappa shape index (κ1) is 61.8. The average Bonchev–Trinajstić information content (AvgIpc) is 3.31. The molecule has 2 saturated heterocycles. The monoisotopic (exact) mass is 968 g/mol. The second-order valence-corrected chi connectivity index (χ2v) is 22.8. The molecular weight excluding hydrogens is 867 g/mol. The summed E-state index contributed by atoms with van der Waals surface area (Å²) in [5.41, 5.74) is 0. The maximum Gasteiger partial charge on any atom is 0.333 e. The highest BCUT2D eigenvalue weighted by molar-refractivity contribution is 6.64. The molecule has 2 fully saturated rings. The predicted molar refractivity (Wildman–Crippen MR) is 274 cm³/mol. The van der Waals surface area contributed by atoms with E-state index in [2.05, 4.69) is 75.5 Å². The van der Waals surface area contributed by atoms with Gasteiger partial charge in [0.05, 0.1) is 13.2 Å². The summed E-state index contributed by atoms with van der Waals surface area (Å²) in [6.45, 7) is 9.87. The molecular formula is C54H101NO11Si. The first-order chi connectivity index (χ1) is 32.5. The molecule has 9 atom stereocenters. The smallest absolute Gasteiger partial charge is 0.333 e. The molecule has 2 aliphatic rings. The maximum absolute atomic E-state index is 10.8. The Morgan fingerprint density at radius 1 is 0.493 bits per heavy atom. The fourth-order valence-corrected chi connectivity index (χ4v) is 10.1. The standard InChI is InChI=1S/C54H101NO11Si/c1-5-7-9-11-13-15-17-19-21-23-25-27-29-31-34-38-42-62-48(40-36-32-30-28-26-24-22-20-18-16-14-12-10-8-6-2)66-67(3,4)65-43-39-35-33-37-41-55(53-51(60)49(58)46(56)44-63-53)54-52(61)50(59)47(57)45-64-54/h13-16,19-22,46-54,56-61H,5-12,17-18,23-45H2,1-4H3/b15-13-,16-14-,21-19-,22-20-. The van der Waals surface area contributed by atoms with Gasteiger partial charge in [-0.05, 0) is 109 Å². The van der Waals surface area contributed by atoms with E-state index in [4.69, 9.17) is 23.1 Å². The van der Waals surface area contributed by atoms with Gasteiger partial charge in [0.1, 0.15) is 55.4 Å². The van der Waals surface area contributed by atoms with Gasteiger partial charge >= 0.3 is 8.56 Å². The molecule has 6 N–H and O–H groups in total. The van der Waals surface area contributed by atoms with Gasteiger partial charge in [-0.25, -0.2) is 4.90 Å². The highest BCUT2D eigenvalue weighted by Crippen LogP contribution is 2.27. The van der Waals surface area contributed by atoms with E-state index in [0.717, 1.165) is 57.8 Å². The number of rotatable bonds is 42. The Kier molecular flexibility index (Phi) is 37.2. The molecule has 13 heteroatoms. The molecule has 67 heavy (non-hydrogen) atoms. The van der Waals surface area contributed by atoms with Crippen molar-refractivity contribution in [1.82, 2.24) is 4.90 Å². The second kappa shape index (κ2) is 40.3. The Labute approximate surface area is 409 Å². The molecule has 0 aromatic carbocycles. The quantitative estimate of drug-likeness (QED) is 0.0148. The van der Waals surface area contributed by atoms with Gasteiger partial charge in [-0.1, -0.05) is 146 Å². The lowest BCUT2D eigenvalue weighted by molar-refractivity contribution is -0.291. The SMILES string of the molecule is CCCCC/C=C\C/C=C\CCCCCCCCOC(CCCCCCC/C=C\C/C=C\CCCCC)O[Si](C)(C)OCCCCCCN(C1OCC(O)C(O)C1O)C1OCC(O)C(O)C1O. The number of ether oxygens (including phenoxy) is 3. The van der Waals surface area contributed by atoms with Crippen molar-refractivity contribution < 1.29 is 53.7 Å². The fraction of sp³-hybridized carbons (Fsp3) is 0.852. The Morgan fingerprint density at radius 3 is 1.37 bits per heavy atom. The lowest BCUT2D eigenvalue weighted by Gasteiger charge is -2.47. The van der Waals surface area contributed by atoms with Gasteiger partial charge in [0, 0.05) is 19.8 Å². The van der Waals surface area contributed by atoms with E-state index in [-0.39, 0.29) is 19.5 Å². The molecule has 0 saturated carbocycles. The molecule has 0 amide bonds. The Hall–Kier alpha value is -1.30. The first-order valence-corrected chi connectivity index (χ1v) is 29.9. The summed E-state index contributed by atoms with van der Waals surface area (Å²) >= 11 is 0. The van der Waals surface area contributed by atoms with Crippen molar-refractivity contribution in [3.63, 3.8) is 0 Å². The van der Waals surface area contributed by atoms with E-state index in [1.807, 2.05) is 0 Å². The molecule has 2 rings (SSSR count). The summed E-state index contributed by atoms with van der Waals surface area (Å²) in [5, 5.41) is 62.3. The van der Waals surface area contributed by atoms with Crippen LogP contribution in [-0.2, 0) is 23.1 Å². The third-order valence-corrected chi connectivity index (χ3v) is 14.5. The van der Waals surface area contributed by atoms with Crippen molar-refractivity contribution in [1.29, 1.82) is 0 Å². The molecule has 0 aliphatic carbocycles. The van der Waals surface area contributed by atoms with Crippen LogP contribution in [0.1, 0.15) is 194 Å². The van der Waals surface area contributed by atoms with Crippen LogP contribution in [0.25, 0.3) is 0 Å². The van der Waals surface area contributed by atoms with E-state index in [1.165, 1.54) is 116 Å². The molecule has 392 valence electrons. The summed E-state index contributed by atoms with van der Waals surface area (Å²) in [7, 11) is -2.49. The Balaban J connectivity index is 1.75. The topological polar surface area (TPSA) is 171 Å². The van der Waals surface area contributed by atoms with Crippen LogP contribution in [0, 0.1) is 0 Å². The van der Waals surface area contributed by atoms with Crippen LogP contribution < -0.4 is 0 Å². The zero-order chi connectivity index (χ0) is 48.8. The Morgan fingerprint density at radius 2 is 0.896 bits per heavy atom. The Bertz CT molecular complexity index is 1240. The van der Waals surface area contributed by atoms with E-state index in [9.17, 15) is 30.6 Å². The molecule has 0 aromatic rings. The second-order valence-electron chi connectivity index (χ2n) is 19.5. The average molecular weight is 968 g/mol. The molecule has 2 heterocycles. The van der Waals surface area contributed by atoms with Crippen LogP contribution in [0.4, 0.5) is 0 Å². The largest absolute Gasteiger partial charge is 0.394 e. The number of aliphatic hydroxyl groups excluding tert-OH is 6. The van der Waals surface area contributed by atoms with Crippen LogP contribution in [0.15, 0.2) is 48.6 Å². The number of unbranched alkanes of at least 4 members (excludes halogenated alkanes) is 20. The van der Waals surface area contributed by atoms with Gasteiger partial charge in [-0.15, -0.1) is 0 Å². The molecule has 0 radical (unpaired) electrons. The van der Waals surface area contributed by atoms with Gasteiger partial charge in [0.15, 0.2) is 0 Å². The molecule has 12 nitrogen and oxygen atoms in total. The minimum absolute atomic E-state index is 0.204.